The summed E-state index contributed by atoms with van der Waals surface area (Å²) in [5.41, 5.74) is 7.85. The highest BCUT2D eigenvalue weighted by molar-refractivity contribution is 7.85. The third-order valence-electron chi connectivity index (χ3n) is 4.69. The molecule has 0 spiro atoms. The van der Waals surface area contributed by atoms with Gasteiger partial charge in [0.05, 0.1) is 34.3 Å². The summed E-state index contributed by atoms with van der Waals surface area (Å²) >= 11 is 1.37. The van der Waals surface area contributed by atoms with Crippen molar-refractivity contribution >= 4 is 89.2 Å². The predicted molar refractivity (Wildman–Crippen MR) is 165 cm³/mol. The number of ether oxygens (including phenoxy) is 1. The van der Waals surface area contributed by atoms with Crippen molar-refractivity contribution in [2.24, 2.45) is 5.73 Å². The van der Waals surface area contributed by atoms with E-state index in [1.165, 1.54) is 23.9 Å². The molecule has 0 aliphatic heterocycles. The molecule has 5 aromatic rings. The molecule has 0 aliphatic carbocycles. The SMILES string of the molecule is CS(=O)(=O)O.CS(=O)(=O)O.Cl.Cl.NCCn1ccc2ncnc(Nc3ccc(Oc4cccc5sncc45)c(F)c3)c21. The lowest BCUT2D eigenvalue weighted by molar-refractivity contribution is 0.447. The van der Waals surface area contributed by atoms with Crippen LogP contribution in [-0.4, -0.2) is 63.9 Å². The Hall–Kier alpha value is -3.16. The molecule has 230 valence electrons. The van der Waals surface area contributed by atoms with Gasteiger partial charge < -0.3 is 20.4 Å². The first-order valence-corrected chi connectivity index (χ1v) is 15.6. The average molecular weight is 686 g/mol. The third-order valence-corrected chi connectivity index (χ3v) is 5.46. The summed E-state index contributed by atoms with van der Waals surface area (Å²) < 4.78 is 79.5. The lowest BCUT2D eigenvalue weighted by Gasteiger charge is -2.12. The van der Waals surface area contributed by atoms with Crippen molar-refractivity contribution < 1.29 is 35.1 Å². The largest absolute Gasteiger partial charge is 0.454 e. The van der Waals surface area contributed by atoms with Gasteiger partial charge in [-0.05, 0) is 41.9 Å². The van der Waals surface area contributed by atoms with E-state index >= 15 is 0 Å². The van der Waals surface area contributed by atoms with Crippen molar-refractivity contribution in [3.8, 4) is 11.5 Å². The van der Waals surface area contributed by atoms with Crippen molar-refractivity contribution in [1.29, 1.82) is 0 Å². The topological polar surface area (TPSA) is 200 Å². The van der Waals surface area contributed by atoms with Crippen LogP contribution in [0.1, 0.15) is 0 Å². The Labute approximate surface area is 257 Å². The maximum Gasteiger partial charge on any atom is 0.261 e. The van der Waals surface area contributed by atoms with Crippen LogP contribution in [-0.2, 0) is 26.8 Å². The van der Waals surface area contributed by atoms with Crippen LogP contribution in [0.2, 0.25) is 0 Å². The summed E-state index contributed by atoms with van der Waals surface area (Å²) in [6, 6.07) is 12.2. The third kappa shape index (κ3) is 11.6. The summed E-state index contributed by atoms with van der Waals surface area (Å²) in [7, 11) is -7.33. The fourth-order valence-corrected chi connectivity index (χ4v) is 3.98. The van der Waals surface area contributed by atoms with E-state index in [4.69, 9.17) is 19.6 Å². The van der Waals surface area contributed by atoms with Gasteiger partial charge in [-0.2, -0.15) is 21.2 Å². The molecule has 0 amide bonds. The maximum absolute atomic E-state index is 14.8. The molecule has 3 heterocycles. The molecular weight excluding hydrogens is 658 g/mol. The average Bonchev–Trinajstić information content (AvgIpc) is 3.47. The minimum absolute atomic E-state index is 0. The standard InChI is InChI=1S/C21H17FN6OS.2CH4O3S.2ClH/c22-15-10-13(27-21-20-16(24-12-25-21)6-8-28(20)9-7-23)4-5-18(15)29-17-2-1-3-19-14(17)11-26-30-19;2*1-5(2,3)4;;/h1-6,8,10-12H,7,9,23H2,(H,24,25,27);2*1H3,(H,2,3,4);2*1H. The predicted octanol–water partition coefficient (Wildman–Crippen LogP) is 4.53. The zero-order valence-electron chi connectivity index (χ0n) is 21.9. The number of hydrogen-bond acceptors (Lipinski definition) is 11. The van der Waals surface area contributed by atoms with Gasteiger partial charge in [0.15, 0.2) is 17.4 Å². The molecule has 0 bridgehead atoms. The molecule has 5 rings (SSSR count). The summed E-state index contributed by atoms with van der Waals surface area (Å²) in [5.74, 6) is 0.806. The van der Waals surface area contributed by atoms with Crippen molar-refractivity contribution in [1.82, 2.24) is 18.9 Å². The molecule has 0 radical (unpaired) electrons. The van der Waals surface area contributed by atoms with Gasteiger partial charge in [-0.25, -0.2) is 14.4 Å². The van der Waals surface area contributed by atoms with Crippen molar-refractivity contribution in [2.45, 2.75) is 6.54 Å². The van der Waals surface area contributed by atoms with Gasteiger partial charge >= 0.3 is 0 Å². The normalized spacial score (nSPS) is 10.8. The van der Waals surface area contributed by atoms with E-state index in [9.17, 15) is 21.2 Å². The molecular formula is C23H27Cl2FN6O7S3. The zero-order chi connectivity index (χ0) is 29.5. The molecule has 0 atom stereocenters. The highest BCUT2D eigenvalue weighted by Crippen LogP contribution is 2.34. The van der Waals surface area contributed by atoms with Crippen LogP contribution in [0, 0.1) is 5.82 Å². The number of hydrogen-bond donors (Lipinski definition) is 4. The Morgan fingerprint density at radius 3 is 2.31 bits per heavy atom. The molecule has 3 aromatic heterocycles. The highest BCUT2D eigenvalue weighted by Gasteiger charge is 2.13. The molecule has 19 heteroatoms. The van der Waals surface area contributed by atoms with Gasteiger partial charge in [0.2, 0.25) is 0 Å². The lowest BCUT2D eigenvalue weighted by atomic mass is 10.2. The molecule has 2 aromatic carbocycles. The van der Waals surface area contributed by atoms with Crippen molar-refractivity contribution in [3.63, 3.8) is 0 Å². The number of anilines is 2. The van der Waals surface area contributed by atoms with E-state index < -0.39 is 26.1 Å². The summed E-state index contributed by atoms with van der Waals surface area (Å²) in [6.45, 7) is 1.13. The lowest BCUT2D eigenvalue weighted by Crippen LogP contribution is -2.10. The quantitative estimate of drug-likeness (QED) is 0.182. The number of halogens is 3. The molecule has 0 aliphatic rings. The zero-order valence-corrected chi connectivity index (χ0v) is 26.0. The number of fused-ring (bicyclic) bond motifs is 2. The number of aromatic nitrogens is 4. The van der Waals surface area contributed by atoms with Crippen LogP contribution in [0.15, 0.2) is 61.2 Å². The van der Waals surface area contributed by atoms with Gasteiger partial charge in [0.1, 0.15) is 17.6 Å². The van der Waals surface area contributed by atoms with E-state index in [0.717, 1.165) is 21.1 Å². The van der Waals surface area contributed by atoms with Crippen LogP contribution in [0.5, 0.6) is 11.5 Å². The van der Waals surface area contributed by atoms with E-state index in [2.05, 4.69) is 19.7 Å². The first-order valence-electron chi connectivity index (χ1n) is 11.2. The van der Waals surface area contributed by atoms with Crippen LogP contribution in [0.4, 0.5) is 15.9 Å². The monoisotopic (exact) mass is 684 g/mol. The minimum atomic E-state index is -3.67. The summed E-state index contributed by atoms with van der Waals surface area (Å²) in [6.07, 6.45) is 6.54. The number of nitrogens with two attached hydrogens (primary N) is 1. The molecule has 5 N–H and O–H groups in total. The number of nitrogens with zero attached hydrogens (tertiary/aromatic N) is 4. The fourth-order valence-electron chi connectivity index (χ4n) is 3.32. The van der Waals surface area contributed by atoms with Gasteiger partial charge in [0, 0.05) is 31.0 Å². The Kier molecular flexibility index (Phi) is 14.0. The molecule has 0 saturated carbocycles. The minimum Gasteiger partial charge on any atom is -0.454 e. The van der Waals surface area contributed by atoms with Gasteiger partial charge in [-0.1, -0.05) is 6.07 Å². The second-order valence-electron chi connectivity index (χ2n) is 8.09. The summed E-state index contributed by atoms with van der Waals surface area (Å²) in [4.78, 5) is 8.60. The Bertz CT molecular complexity index is 1790. The smallest absolute Gasteiger partial charge is 0.261 e. The second-order valence-corrected chi connectivity index (χ2v) is 11.9. The van der Waals surface area contributed by atoms with E-state index in [1.54, 1.807) is 24.4 Å². The molecule has 0 unspecified atom stereocenters. The first kappa shape index (κ1) is 36.9. The van der Waals surface area contributed by atoms with Crippen LogP contribution >= 0.6 is 36.3 Å². The van der Waals surface area contributed by atoms with Gasteiger partial charge in [0.25, 0.3) is 20.2 Å². The Balaban J connectivity index is 0.000000640. The van der Waals surface area contributed by atoms with Crippen molar-refractivity contribution in [3.05, 3.63) is 67.0 Å². The Morgan fingerprint density at radius 1 is 1.02 bits per heavy atom. The number of benzene rings is 2. The van der Waals surface area contributed by atoms with Gasteiger partial charge in [-0.3, -0.25) is 9.11 Å². The van der Waals surface area contributed by atoms with Crippen LogP contribution in [0.3, 0.4) is 0 Å². The molecule has 42 heavy (non-hydrogen) atoms. The fraction of sp³-hybridized carbons (Fsp3) is 0.174. The molecule has 13 nitrogen and oxygen atoms in total. The molecule has 0 fully saturated rings. The number of nitrogens with one attached hydrogen (secondary N) is 1. The van der Waals surface area contributed by atoms with E-state index in [0.29, 0.717) is 42.9 Å². The summed E-state index contributed by atoms with van der Waals surface area (Å²) in [5, 5.41) is 4.03. The van der Waals surface area contributed by atoms with E-state index in [-0.39, 0.29) is 30.6 Å². The number of rotatable bonds is 6. The van der Waals surface area contributed by atoms with Gasteiger partial charge in [-0.15, -0.1) is 24.8 Å². The second kappa shape index (κ2) is 15.9. The highest BCUT2D eigenvalue weighted by atomic mass is 35.5. The molecule has 0 saturated heterocycles. The van der Waals surface area contributed by atoms with Crippen LogP contribution < -0.4 is 15.8 Å². The first-order chi connectivity index (χ1) is 18.7. The van der Waals surface area contributed by atoms with Crippen molar-refractivity contribution in [2.75, 3.05) is 24.4 Å². The van der Waals surface area contributed by atoms with Crippen LogP contribution in [0.25, 0.3) is 21.1 Å². The Morgan fingerprint density at radius 2 is 1.69 bits per heavy atom. The maximum atomic E-state index is 14.8. The van der Waals surface area contributed by atoms with E-state index in [1.807, 2.05) is 29.0 Å².